The number of thiophene rings is 1. The Labute approximate surface area is 122 Å². The monoisotopic (exact) mass is 315 g/mol. The summed E-state index contributed by atoms with van der Waals surface area (Å²) in [6.07, 6.45) is 1.20. The van der Waals surface area contributed by atoms with Crippen LogP contribution in [0.1, 0.15) is 11.1 Å². The zero-order chi connectivity index (χ0) is 13.9. The van der Waals surface area contributed by atoms with Crippen LogP contribution in [0.4, 0.5) is 0 Å². The summed E-state index contributed by atoms with van der Waals surface area (Å²) in [7, 11) is -3.26. The highest BCUT2D eigenvalue weighted by molar-refractivity contribution is 7.90. The lowest BCUT2D eigenvalue weighted by Gasteiger charge is -2.10. The summed E-state index contributed by atoms with van der Waals surface area (Å²) >= 11 is 7.73. The molecule has 2 rings (SSSR count). The van der Waals surface area contributed by atoms with E-state index in [4.69, 9.17) is 11.6 Å². The van der Waals surface area contributed by atoms with Gasteiger partial charge in [0.1, 0.15) is 0 Å². The summed E-state index contributed by atoms with van der Waals surface area (Å²) in [5, 5.41) is 7.75. The van der Waals surface area contributed by atoms with Crippen LogP contribution in [-0.2, 0) is 22.9 Å². The molecular formula is C13H14ClNO2S2. The fraction of sp³-hybridized carbons (Fsp3) is 0.231. The summed E-state index contributed by atoms with van der Waals surface area (Å²) in [5.74, 6) is 0. The first-order valence-corrected chi connectivity index (χ1v) is 8.89. The highest BCUT2D eigenvalue weighted by Crippen LogP contribution is 2.24. The zero-order valence-electron chi connectivity index (χ0n) is 10.4. The van der Waals surface area contributed by atoms with Crippen molar-refractivity contribution in [2.24, 2.45) is 0 Å². The molecule has 19 heavy (non-hydrogen) atoms. The zero-order valence-corrected chi connectivity index (χ0v) is 12.8. The molecule has 102 valence electrons. The van der Waals surface area contributed by atoms with Crippen LogP contribution in [0.2, 0.25) is 5.02 Å². The molecule has 0 amide bonds. The molecule has 1 N–H and O–H groups in total. The van der Waals surface area contributed by atoms with Crippen molar-refractivity contribution in [1.82, 2.24) is 5.32 Å². The number of nitrogens with one attached hydrogen (secondary N) is 1. The number of halogens is 1. The van der Waals surface area contributed by atoms with E-state index in [-0.39, 0.29) is 4.90 Å². The number of benzene rings is 1. The summed E-state index contributed by atoms with van der Waals surface area (Å²) in [4.78, 5) is 0.290. The van der Waals surface area contributed by atoms with E-state index in [0.29, 0.717) is 23.7 Å². The van der Waals surface area contributed by atoms with Crippen LogP contribution in [0.5, 0.6) is 0 Å². The van der Waals surface area contributed by atoms with E-state index in [0.717, 1.165) is 0 Å². The van der Waals surface area contributed by atoms with Crippen molar-refractivity contribution in [1.29, 1.82) is 0 Å². The summed E-state index contributed by atoms with van der Waals surface area (Å²) < 4.78 is 23.4. The molecule has 0 spiro atoms. The summed E-state index contributed by atoms with van der Waals surface area (Å²) in [6, 6.07) is 6.98. The quantitative estimate of drug-likeness (QED) is 0.922. The van der Waals surface area contributed by atoms with Crippen molar-refractivity contribution in [3.8, 4) is 0 Å². The van der Waals surface area contributed by atoms with Crippen LogP contribution in [0, 0.1) is 0 Å². The van der Waals surface area contributed by atoms with Gasteiger partial charge in [0, 0.05) is 29.9 Å². The van der Waals surface area contributed by atoms with Gasteiger partial charge in [0.15, 0.2) is 9.84 Å². The van der Waals surface area contributed by atoms with Crippen molar-refractivity contribution < 1.29 is 8.42 Å². The summed E-state index contributed by atoms with van der Waals surface area (Å²) in [5.41, 5.74) is 1.81. The largest absolute Gasteiger partial charge is 0.308 e. The Morgan fingerprint density at radius 3 is 2.68 bits per heavy atom. The third-order valence-corrected chi connectivity index (χ3v) is 4.95. The van der Waals surface area contributed by atoms with Crippen LogP contribution in [0.25, 0.3) is 0 Å². The normalized spacial score (nSPS) is 11.7. The fourth-order valence-electron chi connectivity index (χ4n) is 1.78. The second-order valence-electron chi connectivity index (χ2n) is 4.22. The van der Waals surface area contributed by atoms with Gasteiger partial charge in [-0.25, -0.2) is 8.42 Å². The third-order valence-electron chi connectivity index (χ3n) is 2.69. The molecule has 0 aliphatic carbocycles. The number of sulfone groups is 1. The van der Waals surface area contributed by atoms with Crippen molar-refractivity contribution >= 4 is 32.8 Å². The maximum Gasteiger partial charge on any atom is 0.175 e. The molecule has 0 aliphatic heterocycles. The standard InChI is InChI=1S/C13H14ClNO2S2/c1-19(16,17)13-4-2-3-12(14)11(13)8-15-7-10-5-6-18-9-10/h2-6,9,15H,7-8H2,1H3. The highest BCUT2D eigenvalue weighted by Gasteiger charge is 2.15. The Bertz CT molecular complexity index is 651. The van der Waals surface area contributed by atoms with Gasteiger partial charge in [-0.15, -0.1) is 0 Å². The molecule has 0 aliphatic rings. The van der Waals surface area contributed by atoms with Crippen molar-refractivity contribution in [2.75, 3.05) is 6.26 Å². The van der Waals surface area contributed by atoms with Gasteiger partial charge in [-0.2, -0.15) is 11.3 Å². The molecule has 6 heteroatoms. The van der Waals surface area contributed by atoms with E-state index >= 15 is 0 Å². The van der Waals surface area contributed by atoms with Crippen molar-refractivity contribution in [3.63, 3.8) is 0 Å². The Morgan fingerprint density at radius 2 is 2.05 bits per heavy atom. The van der Waals surface area contributed by atoms with Gasteiger partial charge >= 0.3 is 0 Å². The number of rotatable bonds is 5. The van der Waals surface area contributed by atoms with Gasteiger partial charge in [-0.05, 0) is 34.5 Å². The molecule has 2 aromatic rings. The van der Waals surface area contributed by atoms with E-state index in [1.807, 2.05) is 11.4 Å². The van der Waals surface area contributed by atoms with Crippen LogP contribution in [-0.4, -0.2) is 14.7 Å². The molecule has 0 bridgehead atoms. The molecule has 1 aromatic heterocycles. The molecule has 0 saturated carbocycles. The van der Waals surface area contributed by atoms with Crippen LogP contribution in [0.3, 0.4) is 0 Å². The lowest BCUT2D eigenvalue weighted by molar-refractivity contribution is 0.598. The molecule has 3 nitrogen and oxygen atoms in total. The first-order valence-electron chi connectivity index (χ1n) is 5.68. The van der Waals surface area contributed by atoms with Gasteiger partial charge in [0.2, 0.25) is 0 Å². The van der Waals surface area contributed by atoms with Crippen molar-refractivity contribution in [3.05, 3.63) is 51.2 Å². The first kappa shape index (κ1) is 14.5. The van der Waals surface area contributed by atoms with E-state index in [1.165, 1.54) is 11.8 Å². The van der Waals surface area contributed by atoms with Crippen molar-refractivity contribution in [2.45, 2.75) is 18.0 Å². The molecular weight excluding hydrogens is 302 g/mol. The van der Waals surface area contributed by atoms with E-state index < -0.39 is 9.84 Å². The molecule has 0 atom stereocenters. The Morgan fingerprint density at radius 1 is 1.26 bits per heavy atom. The maximum absolute atomic E-state index is 11.7. The van der Waals surface area contributed by atoms with Gasteiger partial charge in [-0.3, -0.25) is 0 Å². The Hall–Kier alpha value is -0.880. The Balaban J connectivity index is 2.15. The molecule has 0 saturated heterocycles. The number of hydrogen-bond acceptors (Lipinski definition) is 4. The second kappa shape index (κ2) is 6.05. The molecule has 0 radical (unpaired) electrons. The predicted octanol–water partition coefficient (Wildman–Crippen LogP) is 3.09. The average Bonchev–Trinajstić information content (AvgIpc) is 2.82. The van der Waals surface area contributed by atoms with E-state index in [9.17, 15) is 8.42 Å². The van der Waals surface area contributed by atoms with Gasteiger partial charge in [0.25, 0.3) is 0 Å². The fourth-order valence-corrected chi connectivity index (χ4v) is 3.70. The topological polar surface area (TPSA) is 46.2 Å². The minimum atomic E-state index is -3.26. The third kappa shape index (κ3) is 3.79. The maximum atomic E-state index is 11.7. The van der Waals surface area contributed by atoms with Crippen LogP contribution in [0.15, 0.2) is 39.9 Å². The predicted molar refractivity (Wildman–Crippen MR) is 79.4 cm³/mol. The highest BCUT2D eigenvalue weighted by atomic mass is 35.5. The Kier molecular flexibility index (Phi) is 4.62. The first-order chi connectivity index (χ1) is 8.98. The van der Waals surface area contributed by atoms with Crippen LogP contribution < -0.4 is 5.32 Å². The summed E-state index contributed by atoms with van der Waals surface area (Å²) in [6.45, 7) is 1.12. The average molecular weight is 316 g/mol. The van der Waals surface area contributed by atoms with Gasteiger partial charge in [0.05, 0.1) is 4.90 Å². The van der Waals surface area contributed by atoms with Crippen LogP contribution >= 0.6 is 22.9 Å². The minimum absolute atomic E-state index is 0.290. The lowest BCUT2D eigenvalue weighted by atomic mass is 10.2. The van der Waals surface area contributed by atoms with Gasteiger partial charge < -0.3 is 5.32 Å². The molecule has 0 fully saturated rings. The van der Waals surface area contributed by atoms with E-state index in [2.05, 4.69) is 10.7 Å². The smallest absolute Gasteiger partial charge is 0.175 e. The van der Waals surface area contributed by atoms with E-state index in [1.54, 1.807) is 29.5 Å². The minimum Gasteiger partial charge on any atom is -0.308 e. The number of hydrogen-bond donors (Lipinski definition) is 1. The molecule has 0 unspecified atom stereocenters. The second-order valence-corrected chi connectivity index (χ2v) is 7.40. The lowest BCUT2D eigenvalue weighted by Crippen LogP contribution is -2.15. The SMILES string of the molecule is CS(=O)(=O)c1cccc(Cl)c1CNCc1ccsc1. The molecule has 1 aromatic carbocycles. The molecule has 1 heterocycles. The van der Waals surface area contributed by atoms with Gasteiger partial charge in [-0.1, -0.05) is 17.7 Å².